The van der Waals surface area contributed by atoms with E-state index in [0.717, 1.165) is 5.69 Å². The minimum Gasteiger partial charge on any atom is -0.388 e. The van der Waals surface area contributed by atoms with E-state index in [4.69, 9.17) is 0 Å². The van der Waals surface area contributed by atoms with Crippen LogP contribution in [0.15, 0.2) is 18.3 Å². The van der Waals surface area contributed by atoms with E-state index in [1.165, 1.54) is 0 Å². The first-order valence-electron chi connectivity index (χ1n) is 6.55. The Balaban J connectivity index is 1.96. The predicted molar refractivity (Wildman–Crippen MR) is 65.4 cm³/mol. The van der Waals surface area contributed by atoms with Crippen LogP contribution in [0.25, 0.3) is 0 Å². The molecule has 1 saturated carbocycles. The number of rotatable bonds is 2. The average Bonchev–Trinajstić information content (AvgIpc) is 2.38. The summed E-state index contributed by atoms with van der Waals surface area (Å²) in [5.74, 6) is -1.30. The standard InChI is InChI=1S/C14H18F3NO/c1-9-2-3-11(8-18-9)13(19)10-4-6-12(7-5-10)14(15,16)17/h2-3,8,10,12-13,19H,4-7H2,1H3. The van der Waals surface area contributed by atoms with Gasteiger partial charge >= 0.3 is 6.18 Å². The van der Waals surface area contributed by atoms with Crippen LogP contribution < -0.4 is 0 Å². The van der Waals surface area contributed by atoms with Crippen molar-refractivity contribution in [2.24, 2.45) is 11.8 Å². The van der Waals surface area contributed by atoms with Gasteiger partial charge in [0.2, 0.25) is 0 Å². The monoisotopic (exact) mass is 273 g/mol. The van der Waals surface area contributed by atoms with Gasteiger partial charge in [0.25, 0.3) is 0 Å². The first-order chi connectivity index (χ1) is 8.88. The Hall–Kier alpha value is -1.10. The third-order valence-electron chi connectivity index (χ3n) is 3.96. The van der Waals surface area contributed by atoms with Crippen molar-refractivity contribution >= 4 is 0 Å². The van der Waals surface area contributed by atoms with Gasteiger partial charge in [-0.1, -0.05) is 6.07 Å². The Morgan fingerprint density at radius 1 is 1.21 bits per heavy atom. The molecule has 19 heavy (non-hydrogen) atoms. The van der Waals surface area contributed by atoms with E-state index < -0.39 is 18.2 Å². The van der Waals surface area contributed by atoms with Crippen molar-refractivity contribution in [3.8, 4) is 0 Å². The molecule has 0 amide bonds. The molecule has 0 saturated heterocycles. The SMILES string of the molecule is Cc1ccc(C(O)C2CCC(C(F)(F)F)CC2)cn1. The molecule has 1 unspecified atom stereocenters. The molecule has 0 spiro atoms. The molecule has 1 heterocycles. The van der Waals surface area contributed by atoms with Crippen LogP contribution >= 0.6 is 0 Å². The van der Waals surface area contributed by atoms with E-state index in [-0.39, 0.29) is 18.8 Å². The predicted octanol–water partition coefficient (Wildman–Crippen LogP) is 3.79. The van der Waals surface area contributed by atoms with Gasteiger partial charge in [-0.3, -0.25) is 4.98 Å². The first-order valence-corrected chi connectivity index (χ1v) is 6.55. The maximum Gasteiger partial charge on any atom is 0.391 e. The molecular weight excluding hydrogens is 255 g/mol. The fourth-order valence-electron chi connectivity index (χ4n) is 2.69. The number of hydrogen-bond donors (Lipinski definition) is 1. The van der Waals surface area contributed by atoms with Gasteiger partial charge in [0, 0.05) is 11.9 Å². The Morgan fingerprint density at radius 2 is 1.84 bits per heavy atom. The lowest BCUT2D eigenvalue weighted by Crippen LogP contribution is -2.29. The largest absolute Gasteiger partial charge is 0.391 e. The van der Waals surface area contributed by atoms with Crippen LogP contribution in [-0.4, -0.2) is 16.3 Å². The molecular formula is C14H18F3NO. The third kappa shape index (κ3) is 3.47. The van der Waals surface area contributed by atoms with Gasteiger partial charge in [0.15, 0.2) is 0 Å². The second-order valence-electron chi connectivity index (χ2n) is 5.33. The van der Waals surface area contributed by atoms with Crippen LogP contribution in [0.2, 0.25) is 0 Å². The van der Waals surface area contributed by atoms with Crippen LogP contribution in [0.4, 0.5) is 13.2 Å². The zero-order valence-electron chi connectivity index (χ0n) is 10.8. The number of nitrogens with zero attached hydrogens (tertiary/aromatic N) is 1. The highest BCUT2D eigenvalue weighted by Gasteiger charge is 2.42. The highest BCUT2D eigenvalue weighted by atomic mass is 19.4. The van der Waals surface area contributed by atoms with Gasteiger partial charge < -0.3 is 5.11 Å². The second-order valence-corrected chi connectivity index (χ2v) is 5.33. The highest BCUT2D eigenvalue weighted by Crippen LogP contribution is 2.42. The molecule has 1 aliphatic carbocycles. The Kier molecular flexibility index (Phi) is 4.13. The van der Waals surface area contributed by atoms with Crippen LogP contribution in [0.1, 0.15) is 43.0 Å². The summed E-state index contributed by atoms with van der Waals surface area (Å²) in [7, 11) is 0. The normalized spacial score (nSPS) is 26.2. The summed E-state index contributed by atoms with van der Waals surface area (Å²) < 4.78 is 37.7. The number of halogens is 3. The number of aromatic nitrogens is 1. The van der Waals surface area contributed by atoms with Crippen molar-refractivity contribution in [1.82, 2.24) is 4.98 Å². The molecule has 0 radical (unpaired) electrons. The highest BCUT2D eigenvalue weighted by molar-refractivity contribution is 5.16. The second kappa shape index (κ2) is 5.49. The minimum atomic E-state index is -4.10. The van der Waals surface area contributed by atoms with Gasteiger partial charge in [-0.05, 0) is 50.2 Å². The van der Waals surface area contributed by atoms with E-state index in [1.807, 2.05) is 6.92 Å². The minimum absolute atomic E-state index is 0.0943. The number of hydrogen-bond acceptors (Lipinski definition) is 2. The molecule has 2 rings (SSSR count). The smallest absolute Gasteiger partial charge is 0.388 e. The molecule has 1 fully saturated rings. The zero-order chi connectivity index (χ0) is 14.0. The summed E-state index contributed by atoms with van der Waals surface area (Å²) in [5.41, 5.74) is 1.55. The fraction of sp³-hybridized carbons (Fsp3) is 0.643. The van der Waals surface area contributed by atoms with Crippen LogP contribution in [0.5, 0.6) is 0 Å². The van der Waals surface area contributed by atoms with E-state index in [1.54, 1.807) is 18.3 Å². The number of alkyl halides is 3. The molecule has 1 aromatic heterocycles. The summed E-state index contributed by atoms with van der Waals surface area (Å²) in [4.78, 5) is 4.11. The lowest BCUT2D eigenvalue weighted by atomic mass is 9.78. The topological polar surface area (TPSA) is 33.1 Å². The average molecular weight is 273 g/mol. The Labute approximate surface area is 110 Å². The molecule has 0 aromatic carbocycles. The van der Waals surface area contributed by atoms with Gasteiger partial charge in [-0.2, -0.15) is 13.2 Å². The summed E-state index contributed by atoms with van der Waals surface area (Å²) in [6, 6.07) is 3.60. The third-order valence-corrected chi connectivity index (χ3v) is 3.96. The van der Waals surface area contributed by atoms with Crippen molar-refractivity contribution in [3.63, 3.8) is 0 Å². The molecule has 1 N–H and O–H groups in total. The molecule has 106 valence electrons. The van der Waals surface area contributed by atoms with Gasteiger partial charge in [-0.15, -0.1) is 0 Å². The van der Waals surface area contributed by atoms with E-state index >= 15 is 0 Å². The number of aliphatic hydroxyl groups excluding tert-OH is 1. The van der Waals surface area contributed by atoms with E-state index in [9.17, 15) is 18.3 Å². The zero-order valence-corrected chi connectivity index (χ0v) is 10.8. The molecule has 1 aromatic rings. The van der Waals surface area contributed by atoms with Crippen molar-refractivity contribution in [2.75, 3.05) is 0 Å². The lowest BCUT2D eigenvalue weighted by Gasteiger charge is -2.32. The summed E-state index contributed by atoms with van der Waals surface area (Å²) in [6.45, 7) is 1.85. The maximum absolute atomic E-state index is 12.6. The summed E-state index contributed by atoms with van der Waals surface area (Å²) in [5, 5.41) is 10.2. The summed E-state index contributed by atoms with van der Waals surface area (Å²) in [6.07, 6.45) is -2.13. The first kappa shape index (κ1) is 14.3. The van der Waals surface area contributed by atoms with Crippen molar-refractivity contribution < 1.29 is 18.3 Å². The number of aliphatic hydroxyl groups is 1. The Bertz CT molecular complexity index is 408. The van der Waals surface area contributed by atoms with Crippen LogP contribution in [0.3, 0.4) is 0 Å². The van der Waals surface area contributed by atoms with E-state index in [2.05, 4.69) is 4.98 Å². The van der Waals surface area contributed by atoms with Crippen LogP contribution in [0, 0.1) is 18.8 Å². The van der Waals surface area contributed by atoms with Crippen molar-refractivity contribution in [2.45, 2.75) is 44.9 Å². The molecule has 0 aliphatic heterocycles. The fourth-order valence-corrected chi connectivity index (χ4v) is 2.69. The number of aryl methyl sites for hydroxylation is 1. The quantitative estimate of drug-likeness (QED) is 0.889. The summed E-state index contributed by atoms with van der Waals surface area (Å²) >= 11 is 0. The molecule has 1 aliphatic rings. The van der Waals surface area contributed by atoms with Gasteiger partial charge in [-0.25, -0.2) is 0 Å². The Morgan fingerprint density at radius 3 is 2.32 bits per heavy atom. The van der Waals surface area contributed by atoms with Gasteiger partial charge in [0.05, 0.1) is 12.0 Å². The molecule has 0 bridgehead atoms. The van der Waals surface area contributed by atoms with Crippen LogP contribution in [-0.2, 0) is 0 Å². The van der Waals surface area contributed by atoms with E-state index in [0.29, 0.717) is 18.4 Å². The molecule has 1 atom stereocenters. The maximum atomic E-state index is 12.6. The molecule has 5 heteroatoms. The lowest BCUT2D eigenvalue weighted by molar-refractivity contribution is -0.185. The van der Waals surface area contributed by atoms with Crippen molar-refractivity contribution in [1.29, 1.82) is 0 Å². The number of pyridine rings is 1. The van der Waals surface area contributed by atoms with Crippen molar-refractivity contribution in [3.05, 3.63) is 29.6 Å². The van der Waals surface area contributed by atoms with Gasteiger partial charge in [0.1, 0.15) is 0 Å². The molecule has 2 nitrogen and oxygen atoms in total.